The van der Waals surface area contributed by atoms with Crippen molar-refractivity contribution in [2.45, 2.75) is 6.92 Å². The number of rotatable bonds is 5. The van der Waals surface area contributed by atoms with Crippen molar-refractivity contribution in [1.82, 2.24) is 9.88 Å². The molecule has 0 bridgehead atoms. The number of amides is 2. The lowest BCUT2D eigenvalue weighted by molar-refractivity contribution is -0.139. The first-order valence-corrected chi connectivity index (χ1v) is 7.31. The second-order valence-corrected chi connectivity index (χ2v) is 5.21. The molecule has 24 heavy (non-hydrogen) atoms. The van der Waals surface area contributed by atoms with Gasteiger partial charge in [-0.05, 0) is 37.3 Å². The number of anilines is 1. The first kappa shape index (κ1) is 17.3. The normalized spacial score (nSPS) is 10.1. The summed E-state index contributed by atoms with van der Waals surface area (Å²) in [5, 5.41) is 5.20. The molecule has 7 nitrogen and oxygen atoms in total. The number of hydrogen-bond donors (Lipinski definition) is 2. The fraction of sp³-hybridized carbons (Fsp3) is 0.235. The molecule has 0 aliphatic rings. The van der Waals surface area contributed by atoms with Gasteiger partial charge in [-0.3, -0.25) is 14.4 Å². The van der Waals surface area contributed by atoms with Crippen LogP contribution in [0.1, 0.15) is 26.5 Å². The molecule has 0 saturated heterocycles. The highest BCUT2D eigenvalue weighted by Gasteiger charge is 2.13. The van der Waals surface area contributed by atoms with Gasteiger partial charge >= 0.3 is 5.97 Å². The smallest absolute Gasteiger partial charge is 0.325 e. The Bertz CT molecular complexity index is 780. The van der Waals surface area contributed by atoms with Crippen LogP contribution in [0.5, 0.6) is 0 Å². The van der Waals surface area contributed by atoms with Gasteiger partial charge in [-0.2, -0.15) is 0 Å². The molecule has 0 unspecified atom stereocenters. The average Bonchev–Trinajstić information content (AvgIpc) is 2.91. The zero-order valence-corrected chi connectivity index (χ0v) is 13.8. The monoisotopic (exact) mass is 329 g/mol. The first-order chi connectivity index (χ1) is 11.4. The maximum atomic E-state index is 12.3. The van der Waals surface area contributed by atoms with Crippen LogP contribution in [-0.4, -0.2) is 36.0 Å². The van der Waals surface area contributed by atoms with Gasteiger partial charge in [0.25, 0.3) is 11.8 Å². The summed E-state index contributed by atoms with van der Waals surface area (Å²) in [5.74, 6) is -1.23. The minimum absolute atomic E-state index is 0.214. The lowest BCUT2D eigenvalue weighted by Crippen LogP contribution is -2.30. The van der Waals surface area contributed by atoms with Crippen molar-refractivity contribution >= 4 is 23.5 Å². The summed E-state index contributed by atoms with van der Waals surface area (Å²) in [6.45, 7) is 1.69. The zero-order valence-electron chi connectivity index (χ0n) is 13.8. The molecular weight excluding hydrogens is 310 g/mol. The Hall–Kier alpha value is -3.09. The third kappa shape index (κ3) is 4.01. The Morgan fingerprint density at radius 2 is 1.88 bits per heavy atom. The van der Waals surface area contributed by atoms with Crippen LogP contribution in [0.25, 0.3) is 0 Å². The molecule has 2 rings (SSSR count). The van der Waals surface area contributed by atoms with Gasteiger partial charge in [0.1, 0.15) is 12.2 Å². The van der Waals surface area contributed by atoms with Gasteiger partial charge in [-0.25, -0.2) is 0 Å². The van der Waals surface area contributed by atoms with Gasteiger partial charge in [0.15, 0.2) is 0 Å². The Morgan fingerprint density at radius 1 is 1.12 bits per heavy atom. The van der Waals surface area contributed by atoms with E-state index >= 15 is 0 Å². The van der Waals surface area contributed by atoms with Gasteiger partial charge in [-0.1, -0.05) is 6.07 Å². The van der Waals surface area contributed by atoms with E-state index < -0.39 is 11.9 Å². The van der Waals surface area contributed by atoms with E-state index in [2.05, 4.69) is 15.4 Å². The second kappa shape index (κ2) is 7.45. The van der Waals surface area contributed by atoms with Crippen LogP contribution in [0.3, 0.4) is 0 Å². The van der Waals surface area contributed by atoms with E-state index in [1.54, 1.807) is 41.9 Å². The molecule has 0 spiro atoms. The van der Waals surface area contributed by atoms with Crippen molar-refractivity contribution in [2.75, 3.05) is 19.0 Å². The van der Waals surface area contributed by atoms with E-state index in [-0.39, 0.29) is 12.5 Å². The summed E-state index contributed by atoms with van der Waals surface area (Å²) >= 11 is 0. The Morgan fingerprint density at radius 3 is 2.50 bits per heavy atom. The quantitative estimate of drug-likeness (QED) is 0.813. The van der Waals surface area contributed by atoms with Crippen molar-refractivity contribution in [2.24, 2.45) is 7.05 Å². The van der Waals surface area contributed by atoms with Gasteiger partial charge in [-0.15, -0.1) is 0 Å². The molecule has 0 radical (unpaired) electrons. The molecular formula is C17H19N3O4. The van der Waals surface area contributed by atoms with E-state index in [1.807, 2.05) is 13.0 Å². The summed E-state index contributed by atoms with van der Waals surface area (Å²) < 4.78 is 6.24. The highest BCUT2D eigenvalue weighted by molar-refractivity contribution is 6.04. The van der Waals surface area contributed by atoms with Crippen LogP contribution >= 0.6 is 0 Å². The number of ether oxygens (including phenoxy) is 1. The molecule has 0 atom stereocenters. The molecule has 126 valence electrons. The molecule has 2 amide bonds. The van der Waals surface area contributed by atoms with Crippen LogP contribution < -0.4 is 10.6 Å². The SMILES string of the molecule is COC(=O)CNC(=O)c1cccc(NC(=O)c2ccc(C)n2C)c1. The third-order valence-corrected chi connectivity index (χ3v) is 3.61. The highest BCUT2D eigenvalue weighted by atomic mass is 16.5. The number of carbonyl (C=O) groups excluding carboxylic acids is 3. The molecule has 0 aliphatic heterocycles. The molecule has 0 saturated carbocycles. The van der Waals surface area contributed by atoms with Crippen LogP contribution in [-0.2, 0) is 16.6 Å². The molecule has 0 aliphatic carbocycles. The van der Waals surface area contributed by atoms with Crippen LogP contribution in [0, 0.1) is 6.92 Å². The Labute approximate surface area is 139 Å². The van der Waals surface area contributed by atoms with E-state index in [0.717, 1.165) is 5.69 Å². The summed E-state index contributed by atoms with van der Waals surface area (Å²) in [6, 6.07) is 10.1. The topological polar surface area (TPSA) is 89.4 Å². The number of benzene rings is 1. The lowest BCUT2D eigenvalue weighted by atomic mass is 10.2. The summed E-state index contributed by atoms with van der Waals surface area (Å²) in [7, 11) is 3.05. The number of esters is 1. The van der Waals surface area contributed by atoms with Gasteiger partial charge in [0, 0.05) is 24.0 Å². The summed E-state index contributed by atoms with van der Waals surface area (Å²) in [6.07, 6.45) is 0. The molecule has 2 N–H and O–H groups in total. The maximum absolute atomic E-state index is 12.3. The Kier molecular flexibility index (Phi) is 5.36. The maximum Gasteiger partial charge on any atom is 0.325 e. The zero-order chi connectivity index (χ0) is 17.7. The van der Waals surface area contributed by atoms with Gasteiger partial charge in [0.2, 0.25) is 0 Å². The third-order valence-electron chi connectivity index (χ3n) is 3.61. The number of aryl methyl sites for hydroxylation is 1. The number of nitrogens with zero attached hydrogens (tertiary/aromatic N) is 1. The number of aromatic nitrogens is 1. The van der Waals surface area contributed by atoms with Crippen molar-refractivity contribution in [1.29, 1.82) is 0 Å². The fourth-order valence-corrected chi connectivity index (χ4v) is 2.10. The highest BCUT2D eigenvalue weighted by Crippen LogP contribution is 2.13. The van der Waals surface area contributed by atoms with Crippen LogP contribution in [0.4, 0.5) is 5.69 Å². The van der Waals surface area contributed by atoms with Crippen molar-refractivity contribution in [3.8, 4) is 0 Å². The van der Waals surface area contributed by atoms with Crippen LogP contribution in [0.15, 0.2) is 36.4 Å². The molecule has 1 heterocycles. The van der Waals surface area contributed by atoms with E-state index in [1.165, 1.54) is 7.11 Å². The standard InChI is InChI=1S/C17H19N3O4/c1-11-7-8-14(20(11)2)17(23)19-13-6-4-5-12(9-13)16(22)18-10-15(21)24-3/h4-9H,10H2,1-3H3,(H,18,22)(H,19,23). The van der Waals surface area contributed by atoms with E-state index in [0.29, 0.717) is 16.9 Å². The molecule has 2 aromatic rings. The van der Waals surface area contributed by atoms with Gasteiger partial charge in [0.05, 0.1) is 7.11 Å². The molecule has 7 heteroatoms. The first-order valence-electron chi connectivity index (χ1n) is 7.31. The van der Waals surface area contributed by atoms with E-state index in [4.69, 9.17) is 0 Å². The number of carbonyl (C=O) groups is 3. The minimum Gasteiger partial charge on any atom is -0.468 e. The van der Waals surface area contributed by atoms with Crippen LogP contribution in [0.2, 0.25) is 0 Å². The predicted octanol–water partition coefficient (Wildman–Crippen LogP) is 1.49. The minimum atomic E-state index is -0.535. The Balaban J connectivity index is 2.07. The molecule has 0 fully saturated rings. The number of hydrogen-bond acceptors (Lipinski definition) is 4. The number of nitrogens with one attached hydrogen (secondary N) is 2. The molecule has 1 aromatic heterocycles. The van der Waals surface area contributed by atoms with Crippen molar-refractivity contribution < 1.29 is 19.1 Å². The second-order valence-electron chi connectivity index (χ2n) is 5.21. The fourth-order valence-electron chi connectivity index (χ4n) is 2.10. The van der Waals surface area contributed by atoms with E-state index in [9.17, 15) is 14.4 Å². The predicted molar refractivity (Wildman–Crippen MR) is 88.9 cm³/mol. The number of methoxy groups -OCH3 is 1. The van der Waals surface area contributed by atoms with Gasteiger partial charge < -0.3 is 19.9 Å². The largest absolute Gasteiger partial charge is 0.468 e. The lowest BCUT2D eigenvalue weighted by Gasteiger charge is -2.09. The van der Waals surface area contributed by atoms with Crippen molar-refractivity contribution in [3.63, 3.8) is 0 Å². The van der Waals surface area contributed by atoms with Crippen molar-refractivity contribution in [3.05, 3.63) is 53.3 Å². The molecule has 1 aromatic carbocycles. The average molecular weight is 329 g/mol. The summed E-state index contributed by atoms with van der Waals surface area (Å²) in [4.78, 5) is 35.3. The summed E-state index contributed by atoms with van der Waals surface area (Å²) in [5.41, 5.74) is 2.31.